The second kappa shape index (κ2) is 5.20. The molecular formula is C15H18N6. The van der Waals surface area contributed by atoms with Crippen LogP contribution >= 0.6 is 0 Å². The van der Waals surface area contributed by atoms with Crippen LogP contribution in [0.15, 0.2) is 31.1 Å². The zero-order chi connectivity index (χ0) is 14.1. The molecule has 6 heteroatoms. The van der Waals surface area contributed by atoms with E-state index in [2.05, 4.69) is 29.7 Å². The highest BCUT2D eigenvalue weighted by Crippen LogP contribution is 2.29. The molecule has 1 aliphatic carbocycles. The number of H-pyrrole nitrogens is 1. The van der Waals surface area contributed by atoms with Crippen molar-refractivity contribution >= 4 is 11.5 Å². The van der Waals surface area contributed by atoms with E-state index in [1.54, 1.807) is 18.7 Å². The Morgan fingerprint density at radius 2 is 2.14 bits per heavy atom. The van der Waals surface area contributed by atoms with Crippen LogP contribution in [0.1, 0.15) is 32.1 Å². The van der Waals surface area contributed by atoms with Gasteiger partial charge >= 0.3 is 0 Å². The number of aromatic nitrogens is 5. The van der Waals surface area contributed by atoms with Crippen LogP contribution in [-0.4, -0.2) is 30.4 Å². The SMILES string of the molecule is c1cn2c(NC3CCCCC3)c(-c3c[nH]cn3)nc2cn1. The maximum atomic E-state index is 4.68. The summed E-state index contributed by atoms with van der Waals surface area (Å²) in [6, 6.07) is 0.518. The van der Waals surface area contributed by atoms with Crippen LogP contribution in [0.3, 0.4) is 0 Å². The van der Waals surface area contributed by atoms with Crippen LogP contribution in [0.2, 0.25) is 0 Å². The van der Waals surface area contributed by atoms with Crippen LogP contribution in [0.25, 0.3) is 17.0 Å². The van der Waals surface area contributed by atoms with Crippen molar-refractivity contribution in [1.82, 2.24) is 24.3 Å². The summed E-state index contributed by atoms with van der Waals surface area (Å²) in [5.41, 5.74) is 2.58. The van der Waals surface area contributed by atoms with Crippen LogP contribution in [0.5, 0.6) is 0 Å². The topological polar surface area (TPSA) is 70.9 Å². The Hall–Kier alpha value is -2.37. The van der Waals surface area contributed by atoms with Gasteiger partial charge in [-0.3, -0.25) is 9.38 Å². The van der Waals surface area contributed by atoms with E-state index in [0.29, 0.717) is 6.04 Å². The molecule has 3 heterocycles. The molecule has 0 amide bonds. The number of fused-ring (bicyclic) bond motifs is 1. The van der Waals surface area contributed by atoms with Crippen molar-refractivity contribution in [2.24, 2.45) is 0 Å². The van der Waals surface area contributed by atoms with Crippen LogP contribution < -0.4 is 5.32 Å². The second-order valence-electron chi connectivity index (χ2n) is 5.55. The largest absolute Gasteiger partial charge is 0.367 e. The molecule has 2 N–H and O–H groups in total. The zero-order valence-corrected chi connectivity index (χ0v) is 11.8. The normalized spacial score (nSPS) is 16.4. The average Bonchev–Trinajstić information content (AvgIpc) is 3.16. The lowest BCUT2D eigenvalue weighted by Crippen LogP contribution is -2.23. The molecular weight excluding hydrogens is 264 g/mol. The summed E-state index contributed by atoms with van der Waals surface area (Å²) in [4.78, 5) is 16.2. The minimum absolute atomic E-state index is 0.518. The number of hydrogen-bond acceptors (Lipinski definition) is 4. The number of anilines is 1. The molecule has 1 saturated carbocycles. The molecule has 0 unspecified atom stereocenters. The smallest absolute Gasteiger partial charge is 0.157 e. The van der Waals surface area contributed by atoms with E-state index >= 15 is 0 Å². The summed E-state index contributed by atoms with van der Waals surface area (Å²) in [6.07, 6.45) is 15.5. The first-order valence-electron chi connectivity index (χ1n) is 7.49. The van der Waals surface area contributed by atoms with E-state index in [4.69, 9.17) is 0 Å². The van der Waals surface area contributed by atoms with Gasteiger partial charge in [-0.1, -0.05) is 19.3 Å². The predicted molar refractivity (Wildman–Crippen MR) is 81.1 cm³/mol. The Bertz CT molecular complexity index is 724. The van der Waals surface area contributed by atoms with E-state index in [-0.39, 0.29) is 0 Å². The Labute approximate surface area is 122 Å². The van der Waals surface area contributed by atoms with Crippen molar-refractivity contribution in [3.05, 3.63) is 31.1 Å². The van der Waals surface area contributed by atoms with Gasteiger partial charge in [0.05, 0.1) is 12.5 Å². The second-order valence-corrected chi connectivity index (χ2v) is 5.55. The maximum absolute atomic E-state index is 4.68. The van der Waals surface area contributed by atoms with Crippen LogP contribution in [-0.2, 0) is 0 Å². The third-order valence-corrected chi connectivity index (χ3v) is 4.12. The first-order chi connectivity index (χ1) is 10.4. The maximum Gasteiger partial charge on any atom is 0.157 e. The molecule has 0 atom stereocenters. The molecule has 3 aromatic rings. The van der Waals surface area contributed by atoms with E-state index in [1.165, 1.54) is 32.1 Å². The third kappa shape index (κ3) is 2.26. The fraction of sp³-hybridized carbons (Fsp3) is 0.400. The summed E-state index contributed by atoms with van der Waals surface area (Å²) in [5.74, 6) is 1.02. The first kappa shape index (κ1) is 12.4. The Kier molecular flexibility index (Phi) is 3.06. The van der Waals surface area contributed by atoms with Crippen molar-refractivity contribution in [1.29, 1.82) is 0 Å². The molecule has 0 bridgehead atoms. The summed E-state index contributed by atoms with van der Waals surface area (Å²) in [7, 11) is 0. The van der Waals surface area contributed by atoms with Gasteiger partial charge in [-0.05, 0) is 12.8 Å². The lowest BCUT2D eigenvalue weighted by atomic mass is 9.95. The molecule has 0 radical (unpaired) electrons. The highest BCUT2D eigenvalue weighted by molar-refractivity contribution is 5.73. The molecule has 0 saturated heterocycles. The average molecular weight is 282 g/mol. The summed E-state index contributed by atoms with van der Waals surface area (Å²) < 4.78 is 2.06. The minimum atomic E-state index is 0.518. The standard InChI is InChI=1S/C15H18N6/c1-2-4-11(5-3-1)19-15-14(12-8-17-10-18-12)20-13-9-16-6-7-21(13)15/h6-11,19H,1-5H2,(H,17,18). The van der Waals surface area contributed by atoms with Gasteiger partial charge < -0.3 is 10.3 Å². The molecule has 1 fully saturated rings. The number of rotatable bonds is 3. The summed E-state index contributed by atoms with van der Waals surface area (Å²) in [5, 5.41) is 3.68. The Balaban J connectivity index is 1.78. The fourth-order valence-corrected chi connectivity index (χ4v) is 3.05. The van der Waals surface area contributed by atoms with E-state index in [1.807, 2.05) is 12.4 Å². The number of nitrogens with zero attached hydrogens (tertiary/aromatic N) is 4. The molecule has 1 aliphatic rings. The van der Waals surface area contributed by atoms with Crippen molar-refractivity contribution in [3.63, 3.8) is 0 Å². The van der Waals surface area contributed by atoms with E-state index in [9.17, 15) is 0 Å². The minimum Gasteiger partial charge on any atom is -0.367 e. The highest BCUT2D eigenvalue weighted by Gasteiger charge is 2.20. The molecule has 3 aromatic heterocycles. The fourth-order valence-electron chi connectivity index (χ4n) is 3.05. The van der Waals surface area contributed by atoms with Crippen molar-refractivity contribution in [2.45, 2.75) is 38.1 Å². The van der Waals surface area contributed by atoms with Gasteiger partial charge in [0.1, 0.15) is 17.2 Å². The van der Waals surface area contributed by atoms with Gasteiger partial charge in [-0.15, -0.1) is 0 Å². The third-order valence-electron chi connectivity index (χ3n) is 4.12. The number of hydrogen-bond donors (Lipinski definition) is 2. The van der Waals surface area contributed by atoms with Gasteiger partial charge in [-0.25, -0.2) is 9.97 Å². The molecule has 0 aromatic carbocycles. The Morgan fingerprint density at radius 3 is 2.95 bits per heavy atom. The predicted octanol–water partition coefficient (Wildman–Crippen LogP) is 2.86. The Morgan fingerprint density at radius 1 is 1.24 bits per heavy atom. The van der Waals surface area contributed by atoms with Crippen LogP contribution in [0, 0.1) is 0 Å². The van der Waals surface area contributed by atoms with Gasteiger partial charge in [0.25, 0.3) is 0 Å². The van der Waals surface area contributed by atoms with Gasteiger partial charge in [0, 0.05) is 24.6 Å². The van der Waals surface area contributed by atoms with Crippen molar-refractivity contribution < 1.29 is 0 Å². The van der Waals surface area contributed by atoms with Crippen molar-refractivity contribution in [2.75, 3.05) is 5.32 Å². The molecule has 0 aliphatic heterocycles. The summed E-state index contributed by atoms with van der Waals surface area (Å²) in [6.45, 7) is 0. The van der Waals surface area contributed by atoms with Crippen LogP contribution in [0.4, 0.5) is 5.82 Å². The molecule has 4 rings (SSSR count). The quantitative estimate of drug-likeness (QED) is 0.775. The zero-order valence-electron chi connectivity index (χ0n) is 11.8. The van der Waals surface area contributed by atoms with E-state index < -0.39 is 0 Å². The molecule has 108 valence electrons. The molecule has 6 nitrogen and oxygen atoms in total. The summed E-state index contributed by atoms with van der Waals surface area (Å²) >= 11 is 0. The lowest BCUT2D eigenvalue weighted by Gasteiger charge is -2.23. The van der Waals surface area contributed by atoms with Gasteiger partial charge in [-0.2, -0.15) is 0 Å². The van der Waals surface area contributed by atoms with Gasteiger partial charge in [0.15, 0.2) is 5.65 Å². The first-order valence-corrected chi connectivity index (χ1v) is 7.49. The van der Waals surface area contributed by atoms with E-state index in [0.717, 1.165) is 22.9 Å². The van der Waals surface area contributed by atoms with Crippen molar-refractivity contribution in [3.8, 4) is 11.4 Å². The number of imidazole rings is 2. The number of nitrogens with one attached hydrogen (secondary N) is 2. The number of aromatic amines is 1. The van der Waals surface area contributed by atoms with Gasteiger partial charge in [0.2, 0.25) is 0 Å². The lowest BCUT2D eigenvalue weighted by molar-refractivity contribution is 0.461. The monoisotopic (exact) mass is 282 g/mol. The highest BCUT2D eigenvalue weighted by atomic mass is 15.2. The molecule has 21 heavy (non-hydrogen) atoms. The molecule has 0 spiro atoms.